The molecule has 68 valence electrons. The second kappa shape index (κ2) is 2.71. The number of amides is 1. The molecule has 0 radical (unpaired) electrons. The highest BCUT2D eigenvalue weighted by Gasteiger charge is 2.52. The van der Waals surface area contributed by atoms with Crippen molar-refractivity contribution in [3.05, 3.63) is 0 Å². The minimum Gasteiger partial charge on any atom is -0.350 e. The quantitative estimate of drug-likeness (QED) is 0.487. The molecule has 0 aromatic carbocycles. The smallest absolute Gasteiger partial charge is 0.234 e. The number of nitrogens with one attached hydrogen (secondary N) is 2. The van der Waals surface area contributed by atoms with Crippen LogP contribution in [0.4, 0.5) is 0 Å². The second-order valence-corrected chi connectivity index (χ2v) is 3.82. The Bertz CT molecular complexity index is 200. The average Bonchev–Trinajstić information content (AvgIpc) is 2.73. The Balaban J connectivity index is 1.91. The fourth-order valence-corrected chi connectivity index (χ4v) is 1.95. The molecule has 1 aliphatic carbocycles. The zero-order valence-electron chi connectivity index (χ0n) is 7.10. The third kappa shape index (κ3) is 1.21. The van der Waals surface area contributed by atoms with E-state index in [4.69, 9.17) is 5.73 Å². The van der Waals surface area contributed by atoms with Crippen LogP contribution in [0.15, 0.2) is 0 Å². The van der Waals surface area contributed by atoms with Crippen LogP contribution in [0.5, 0.6) is 0 Å². The fourth-order valence-electron chi connectivity index (χ4n) is 1.95. The lowest BCUT2D eigenvalue weighted by Gasteiger charge is -2.18. The van der Waals surface area contributed by atoms with Crippen LogP contribution in [0.3, 0.4) is 0 Å². The Hall–Kier alpha value is -0.610. The molecule has 1 saturated carbocycles. The molecule has 1 spiro atoms. The van der Waals surface area contributed by atoms with Gasteiger partial charge in [-0.3, -0.25) is 4.79 Å². The van der Waals surface area contributed by atoms with Crippen LogP contribution in [0.1, 0.15) is 12.8 Å². The van der Waals surface area contributed by atoms with Crippen LogP contribution in [0.2, 0.25) is 0 Å². The van der Waals surface area contributed by atoms with E-state index in [1.807, 2.05) is 0 Å². The third-order valence-electron chi connectivity index (χ3n) is 2.98. The number of carbonyl (C=O) groups excluding carboxylic acids is 1. The molecule has 12 heavy (non-hydrogen) atoms. The average molecular weight is 169 g/mol. The van der Waals surface area contributed by atoms with Gasteiger partial charge in [0.15, 0.2) is 0 Å². The van der Waals surface area contributed by atoms with Crippen LogP contribution >= 0.6 is 0 Å². The van der Waals surface area contributed by atoms with Gasteiger partial charge in [0.2, 0.25) is 5.91 Å². The first kappa shape index (κ1) is 8.01. The van der Waals surface area contributed by atoms with E-state index < -0.39 is 0 Å². The Labute approximate surface area is 71.9 Å². The van der Waals surface area contributed by atoms with Crippen molar-refractivity contribution in [3.8, 4) is 0 Å². The Morgan fingerprint density at radius 2 is 2.42 bits per heavy atom. The molecule has 1 aliphatic heterocycles. The molecule has 4 heteroatoms. The molecule has 1 heterocycles. The molecular formula is C8H15N3O. The van der Waals surface area contributed by atoms with E-state index in [0.29, 0.717) is 11.5 Å². The van der Waals surface area contributed by atoms with Gasteiger partial charge in [-0.15, -0.1) is 0 Å². The van der Waals surface area contributed by atoms with E-state index in [2.05, 4.69) is 10.6 Å². The molecule has 1 atom stereocenters. The summed E-state index contributed by atoms with van der Waals surface area (Å²) in [4.78, 5) is 11.0. The first-order valence-electron chi connectivity index (χ1n) is 4.47. The first-order chi connectivity index (χ1) is 5.77. The van der Waals surface area contributed by atoms with Crippen molar-refractivity contribution in [2.24, 2.45) is 11.1 Å². The molecule has 2 rings (SSSR count). The molecule has 0 aromatic rings. The minimum absolute atomic E-state index is 0.0324. The first-order valence-corrected chi connectivity index (χ1v) is 4.47. The number of hydrogen-bond acceptors (Lipinski definition) is 3. The zero-order valence-corrected chi connectivity index (χ0v) is 7.10. The highest BCUT2D eigenvalue weighted by atomic mass is 16.1. The molecule has 0 aromatic heterocycles. The maximum Gasteiger partial charge on any atom is 0.234 e. The van der Waals surface area contributed by atoms with Gasteiger partial charge in [0, 0.05) is 24.5 Å². The van der Waals surface area contributed by atoms with Gasteiger partial charge in [-0.2, -0.15) is 0 Å². The SMILES string of the molecule is NCC(=O)NC1CNCC12CC2. The third-order valence-corrected chi connectivity index (χ3v) is 2.98. The predicted octanol–water partition coefficient (Wildman–Crippen LogP) is -1.19. The Morgan fingerprint density at radius 3 is 3.00 bits per heavy atom. The maximum absolute atomic E-state index is 11.0. The van der Waals surface area contributed by atoms with Gasteiger partial charge in [-0.25, -0.2) is 0 Å². The normalized spacial score (nSPS) is 30.6. The van der Waals surface area contributed by atoms with Gasteiger partial charge < -0.3 is 16.4 Å². The van der Waals surface area contributed by atoms with E-state index in [0.717, 1.165) is 13.1 Å². The van der Waals surface area contributed by atoms with Gasteiger partial charge in [0.1, 0.15) is 0 Å². The standard InChI is InChI=1S/C8H15N3O/c9-3-7(12)11-6-4-10-5-8(6)1-2-8/h6,10H,1-5,9H2,(H,11,12). The summed E-state index contributed by atoms with van der Waals surface area (Å²) in [6.07, 6.45) is 2.49. The minimum atomic E-state index is -0.0324. The van der Waals surface area contributed by atoms with Crippen LogP contribution in [0, 0.1) is 5.41 Å². The van der Waals surface area contributed by atoms with Gasteiger partial charge in [0.05, 0.1) is 6.54 Å². The monoisotopic (exact) mass is 169 g/mol. The molecule has 2 fully saturated rings. The molecule has 2 aliphatic rings. The van der Waals surface area contributed by atoms with Crippen molar-refractivity contribution < 1.29 is 4.79 Å². The molecule has 4 nitrogen and oxygen atoms in total. The lowest BCUT2D eigenvalue weighted by molar-refractivity contribution is -0.120. The number of hydrogen-bond donors (Lipinski definition) is 3. The largest absolute Gasteiger partial charge is 0.350 e. The summed E-state index contributed by atoms with van der Waals surface area (Å²) in [5.41, 5.74) is 5.62. The lowest BCUT2D eigenvalue weighted by Crippen LogP contribution is -2.43. The van der Waals surface area contributed by atoms with Crippen LogP contribution in [0.25, 0.3) is 0 Å². The summed E-state index contributed by atoms with van der Waals surface area (Å²) in [7, 11) is 0. The molecule has 1 unspecified atom stereocenters. The van der Waals surface area contributed by atoms with Crippen molar-refractivity contribution in [2.45, 2.75) is 18.9 Å². The van der Waals surface area contributed by atoms with E-state index >= 15 is 0 Å². The number of carbonyl (C=O) groups is 1. The molecule has 1 saturated heterocycles. The highest BCUT2D eigenvalue weighted by molar-refractivity contribution is 5.78. The van der Waals surface area contributed by atoms with Crippen molar-refractivity contribution in [1.82, 2.24) is 10.6 Å². The molecule has 1 amide bonds. The summed E-state index contributed by atoms with van der Waals surface area (Å²) < 4.78 is 0. The summed E-state index contributed by atoms with van der Waals surface area (Å²) in [5.74, 6) is -0.0324. The van der Waals surface area contributed by atoms with Crippen molar-refractivity contribution in [3.63, 3.8) is 0 Å². The summed E-state index contributed by atoms with van der Waals surface area (Å²) in [5, 5.41) is 6.25. The van der Waals surface area contributed by atoms with E-state index in [1.54, 1.807) is 0 Å². The van der Waals surface area contributed by atoms with Crippen molar-refractivity contribution >= 4 is 5.91 Å². The second-order valence-electron chi connectivity index (χ2n) is 3.82. The van der Waals surface area contributed by atoms with Crippen molar-refractivity contribution in [1.29, 1.82) is 0 Å². The summed E-state index contributed by atoms with van der Waals surface area (Å²) in [6.45, 7) is 2.07. The molecular weight excluding hydrogens is 154 g/mol. The van der Waals surface area contributed by atoms with Gasteiger partial charge in [-0.05, 0) is 12.8 Å². The Kier molecular flexibility index (Phi) is 1.81. The summed E-state index contributed by atoms with van der Waals surface area (Å²) in [6, 6.07) is 0.327. The summed E-state index contributed by atoms with van der Waals surface area (Å²) >= 11 is 0. The lowest BCUT2D eigenvalue weighted by atomic mass is 10.0. The predicted molar refractivity (Wildman–Crippen MR) is 45.5 cm³/mol. The molecule has 0 bridgehead atoms. The number of rotatable bonds is 2. The van der Waals surface area contributed by atoms with Crippen LogP contribution < -0.4 is 16.4 Å². The molecule has 4 N–H and O–H groups in total. The van der Waals surface area contributed by atoms with Gasteiger partial charge in [-0.1, -0.05) is 0 Å². The Morgan fingerprint density at radius 1 is 1.67 bits per heavy atom. The van der Waals surface area contributed by atoms with Crippen molar-refractivity contribution in [2.75, 3.05) is 19.6 Å². The van der Waals surface area contributed by atoms with Gasteiger partial charge in [0.25, 0.3) is 0 Å². The topological polar surface area (TPSA) is 67.2 Å². The van der Waals surface area contributed by atoms with E-state index in [1.165, 1.54) is 12.8 Å². The van der Waals surface area contributed by atoms with Crippen LogP contribution in [-0.2, 0) is 4.79 Å². The fraction of sp³-hybridized carbons (Fsp3) is 0.875. The van der Waals surface area contributed by atoms with Gasteiger partial charge >= 0.3 is 0 Å². The zero-order chi connectivity index (χ0) is 8.60. The maximum atomic E-state index is 11.0. The van der Waals surface area contributed by atoms with E-state index in [-0.39, 0.29) is 12.5 Å². The van der Waals surface area contributed by atoms with Crippen LogP contribution in [-0.4, -0.2) is 31.6 Å². The number of nitrogens with two attached hydrogens (primary N) is 1. The highest BCUT2D eigenvalue weighted by Crippen LogP contribution is 2.50. The van der Waals surface area contributed by atoms with E-state index in [9.17, 15) is 4.79 Å².